The van der Waals surface area contributed by atoms with Crippen molar-refractivity contribution in [2.45, 2.75) is 37.5 Å². The van der Waals surface area contributed by atoms with Gasteiger partial charge < -0.3 is 4.90 Å². The van der Waals surface area contributed by atoms with Gasteiger partial charge in [0.2, 0.25) is 0 Å². The number of nitrogens with zero attached hydrogens (tertiary/aromatic N) is 1. The fourth-order valence-electron chi connectivity index (χ4n) is 12.3. The zero-order valence-corrected chi connectivity index (χ0v) is 36.7. The fraction of sp³-hybridized carbons (Fsp3) is 0.0938. The lowest BCUT2D eigenvalue weighted by molar-refractivity contribution is 0.626. The summed E-state index contributed by atoms with van der Waals surface area (Å²) in [6.07, 6.45) is 2.13. The molecule has 65 heavy (non-hydrogen) atoms. The van der Waals surface area contributed by atoms with Gasteiger partial charge in [0.25, 0.3) is 0 Å². The molecule has 1 atom stereocenters. The smallest absolute Gasteiger partial charge is 0.0540 e. The van der Waals surface area contributed by atoms with Gasteiger partial charge >= 0.3 is 0 Å². The molecule has 3 aliphatic rings. The Hall–Kier alpha value is -7.74. The maximum absolute atomic E-state index is 2.54. The van der Waals surface area contributed by atoms with Crippen LogP contribution >= 0.6 is 0 Å². The molecule has 0 bridgehead atoms. The van der Waals surface area contributed by atoms with Gasteiger partial charge in [0.15, 0.2) is 0 Å². The van der Waals surface area contributed by atoms with Crippen molar-refractivity contribution in [3.8, 4) is 55.6 Å². The van der Waals surface area contributed by atoms with Crippen molar-refractivity contribution in [1.29, 1.82) is 0 Å². The number of hydrogen-bond donors (Lipinski definition) is 0. The predicted molar refractivity (Wildman–Crippen MR) is 273 cm³/mol. The Kier molecular flexibility index (Phi) is 8.37. The van der Waals surface area contributed by atoms with Crippen LogP contribution in [0, 0.1) is 0 Å². The Balaban J connectivity index is 1.03. The zero-order valence-electron chi connectivity index (χ0n) is 36.7. The molecule has 0 N–H and O–H groups in total. The van der Waals surface area contributed by atoms with Gasteiger partial charge in [-0.05, 0) is 137 Å². The van der Waals surface area contributed by atoms with Gasteiger partial charge in [0.05, 0.1) is 5.69 Å². The first kappa shape index (κ1) is 37.8. The van der Waals surface area contributed by atoms with Crippen LogP contribution in [0.5, 0.6) is 0 Å². The molecule has 0 amide bonds. The van der Waals surface area contributed by atoms with Crippen LogP contribution in [-0.4, -0.2) is 0 Å². The maximum Gasteiger partial charge on any atom is 0.0540 e. The number of rotatable bonds is 6. The molecule has 0 radical (unpaired) electrons. The summed E-state index contributed by atoms with van der Waals surface area (Å²) in [6.45, 7) is 4.79. The van der Waals surface area contributed by atoms with Gasteiger partial charge in [0, 0.05) is 27.8 Å². The number of benzene rings is 10. The second-order valence-electron chi connectivity index (χ2n) is 18.7. The molecule has 1 nitrogen and oxygen atoms in total. The van der Waals surface area contributed by atoms with Crippen molar-refractivity contribution in [3.63, 3.8) is 0 Å². The van der Waals surface area contributed by atoms with Gasteiger partial charge in [-0.15, -0.1) is 0 Å². The van der Waals surface area contributed by atoms with Crippen molar-refractivity contribution in [2.24, 2.45) is 0 Å². The molecule has 3 aliphatic carbocycles. The molecule has 308 valence electrons. The largest absolute Gasteiger partial charge is 0.310 e. The fourth-order valence-corrected chi connectivity index (χ4v) is 12.3. The summed E-state index contributed by atoms with van der Waals surface area (Å²) < 4.78 is 0. The van der Waals surface area contributed by atoms with E-state index in [-0.39, 0.29) is 10.8 Å². The average molecular weight is 830 g/mol. The second-order valence-corrected chi connectivity index (χ2v) is 18.7. The van der Waals surface area contributed by atoms with Gasteiger partial charge in [-0.2, -0.15) is 0 Å². The van der Waals surface area contributed by atoms with E-state index in [1.807, 2.05) is 0 Å². The first-order valence-electron chi connectivity index (χ1n) is 23.1. The molecule has 10 aromatic carbocycles. The van der Waals surface area contributed by atoms with E-state index in [1.54, 1.807) is 0 Å². The molecule has 0 heterocycles. The summed E-state index contributed by atoms with van der Waals surface area (Å²) in [7, 11) is 0. The van der Waals surface area contributed by atoms with Crippen LogP contribution in [0.1, 0.15) is 53.6 Å². The third-order valence-electron chi connectivity index (χ3n) is 15.1. The van der Waals surface area contributed by atoms with Crippen LogP contribution in [0.4, 0.5) is 17.1 Å². The Morgan fingerprint density at radius 3 is 1.65 bits per heavy atom. The van der Waals surface area contributed by atoms with Gasteiger partial charge in [-0.3, -0.25) is 0 Å². The molecule has 0 aliphatic heterocycles. The minimum absolute atomic E-state index is 0.166. The lowest BCUT2D eigenvalue weighted by atomic mass is 9.73. The molecule has 0 fully saturated rings. The van der Waals surface area contributed by atoms with E-state index >= 15 is 0 Å². The number of aryl methyl sites for hydroxylation is 1. The van der Waals surface area contributed by atoms with Crippen LogP contribution in [0.3, 0.4) is 0 Å². The Morgan fingerprint density at radius 1 is 0.369 bits per heavy atom. The van der Waals surface area contributed by atoms with E-state index in [1.165, 1.54) is 99.8 Å². The molecule has 1 unspecified atom stereocenters. The van der Waals surface area contributed by atoms with E-state index in [2.05, 4.69) is 243 Å². The van der Waals surface area contributed by atoms with Crippen molar-refractivity contribution in [1.82, 2.24) is 0 Å². The van der Waals surface area contributed by atoms with Crippen LogP contribution in [0.2, 0.25) is 0 Å². The van der Waals surface area contributed by atoms with Crippen molar-refractivity contribution < 1.29 is 0 Å². The predicted octanol–water partition coefficient (Wildman–Crippen LogP) is 16.9. The first-order chi connectivity index (χ1) is 32.0. The third-order valence-corrected chi connectivity index (χ3v) is 15.1. The second kappa shape index (κ2) is 14.4. The molecule has 13 rings (SSSR count). The van der Waals surface area contributed by atoms with Gasteiger partial charge in [-0.1, -0.05) is 208 Å². The van der Waals surface area contributed by atoms with Crippen molar-refractivity contribution in [3.05, 3.63) is 258 Å². The number of hydrogen-bond acceptors (Lipinski definition) is 1. The number of para-hydroxylation sites is 1. The number of fused-ring (bicyclic) bond motifs is 11. The molecule has 0 saturated heterocycles. The van der Waals surface area contributed by atoms with Gasteiger partial charge in [0.1, 0.15) is 0 Å². The Bertz CT molecular complexity index is 3520. The standard InChI is InChI=1S/C64H47N/c1-63(2)57-30-11-7-23-51(57)54-27-16-28-55(62(54)63)53-24-9-13-32-60(53)65(46-35-33-43(34-36-46)49-26-15-21-45-20-14-25-48(61(45)49)42-17-4-3-5-18-42)47-37-38-52-50-22-8-12-31-58(50)64(59(52)41-47)40-39-44-19-6-10-29-56(44)64/h3-38,41H,39-40H2,1-2H3. The summed E-state index contributed by atoms with van der Waals surface area (Å²) in [5.41, 5.74) is 24.4. The number of anilines is 3. The molecule has 0 saturated carbocycles. The van der Waals surface area contributed by atoms with E-state index in [0.29, 0.717) is 0 Å². The third kappa shape index (κ3) is 5.52. The van der Waals surface area contributed by atoms with Crippen LogP contribution in [0.25, 0.3) is 66.4 Å². The summed E-state index contributed by atoms with van der Waals surface area (Å²) in [6, 6.07) is 84.2. The lowest BCUT2D eigenvalue weighted by Crippen LogP contribution is -2.24. The lowest BCUT2D eigenvalue weighted by Gasteiger charge is -2.32. The maximum atomic E-state index is 2.54. The molecular weight excluding hydrogens is 783 g/mol. The van der Waals surface area contributed by atoms with Crippen LogP contribution in [-0.2, 0) is 17.3 Å². The van der Waals surface area contributed by atoms with Crippen molar-refractivity contribution >= 4 is 27.8 Å². The molecule has 0 aromatic heterocycles. The quantitative estimate of drug-likeness (QED) is 0.161. The van der Waals surface area contributed by atoms with Crippen LogP contribution < -0.4 is 4.90 Å². The molecule has 1 spiro atoms. The summed E-state index contributed by atoms with van der Waals surface area (Å²) in [5.74, 6) is 0. The van der Waals surface area contributed by atoms with E-state index < -0.39 is 0 Å². The first-order valence-corrected chi connectivity index (χ1v) is 23.1. The minimum Gasteiger partial charge on any atom is -0.310 e. The highest BCUT2D eigenvalue weighted by Gasteiger charge is 2.48. The van der Waals surface area contributed by atoms with E-state index in [0.717, 1.165) is 29.9 Å². The molecule has 10 aromatic rings. The highest BCUT2D eigenvalue weighted by molar-refractivity contribution is 6.06. The molecule has 1 heteroatoms. The highest BCUT2D eigenvalue weighted by Crippen LogP contribution is 2.60. The van der Waals surface area contributed by atoms with Crippen molar-refractivity contribution in [2.75, 3.05) is 4.90 Å². The van der Waals surface area contributed by atoms with E-state index in [4.69, 9.17) is 0 Å². The normalized spacial score (nSPS) is 15.9. The monoisotopic (exact) mass is 829 g/mol. The SMILES string of the molecule is CC1(C)c2ccccc2-c2cccc(-c3ccccc3N(c3ccc(-c4cccc5cccc(-c6ccccc6)c45)cc3)c3ccc4c(c3)C3(CCc5ccccc53)c3ccccc3-4)c21. The Labute approximate surface area is 382 Å². The average Bonchev–Trinajstić information content (AvgIpc) is 3.97. The summed E-state index contributed by atoms with van der Waals surface area (Å²) in [4.78, 5) is 2.53. The topological polar surface area (TPSA) is 3.24 Å². The zero-order chi connectivity index (χ0) is 43.3. The highest BCUT2D eigenvalue weighted by atomic mass is 15.1. The summed E-state index contributed by atoms with van der Waals surface area (Å²) >= 11 is 0. The summed E-state index contributed by atoms with van der Waals surface area (Å²) in [5, 5.41) is 2.52. The van der Waals surface area contributed by atoms with Gasteiger partial charge in [-0.25, -0.2) is 0 Å². The van der Waals surface area contributed by atoms with E-state index in [9.17, 15) is 0 Å². The molecular formula is C64H47N. The van der Waals surface area contributed by atoms with Crippen LogP contribution in [0.15, 0.2) is 224 Å². The Morgan fingerprint density at radius 2 is 0.892 bits per heavy atom. The minimum atomic E-state index is -0.200.